The molecule has 4 nitrogen and oxygen atoms in total. The number of aromatic nitrogens is 2. The number of hydrogen-bond donors (Lipinski definition) is 1. The minimum Gasteiger partial charge on any atom is -0.457 e. The zero-order chi connectivity index (χ0) is 19.8. The minimum atomic E-state index is 0.384. The van der Waals surface area contributed by atoms with Crippen LogP contribution in [0.1, 0.15) is 22.7 Å². The summed E-state index contributed by atoms with van der Waals surface area (Å²) in [5, 5.41) is 10.7. The van der Waals surface area contributed by atoms with Crippen molar-refractivity contribution in [3.05, 3.63) is 75.2 Å². The molecule has 4 aromatic rings. The van der Waals surface area contributed by atoms with Crippen LogP contribution in [0, 0.1) is 25.2 Å². The summed E-state index contributed by atoms with van der Waals surface area (Å²) in [6, 6.07) is 15.0. The number of imidazole rings is 1. The van der Waals surface area contributed by atoms with Gasteiger partial charge in [-0.3, -0.25) is 0 Å². The molecule has 0 atom stereocenters. The van der Waals surface area contributed by atoms with Crippen molar-refractivity contribution in [3.63, 3.8) is 0 Å². The molecule has 0 spiro atoms. The summed E-state index contributed by atoms with van der Waals surface area (Å²) in [7, 11) is 0. The van der Waals surface area contributed by atoms with E-state index < -0.39 is 0 Å². The van der Waals surface area contributed by atoms with Gasteiger partial charge in [0.2, 0.25) is 0 Å². The fraction of sp³-hybridized carbons (Fsp3) is 0.0909. The summed E-state index contributed by atoms with van der Waals surface area (Å²) in [5.74, 6) is 1.64. The lowest BCUT2D eigenvalue weighted by Gasteiger charge is -2.00. The first kappa shape index (κ1) is 18.4. The Balaban J connectivity index is 1.71. The molecule has 0 saturated carbocycles. The number of allylic oxidation sites excluding steroid dienone is 1. The quantitative estimate of drug-likeness (QED) is 0.379. The van der Waals surface area contributed by atoms with Crippen molar-refractivity contribution in [1.29, 1.82) is 5.26 Å². The molecule has 138 valence electrons. The molecule has 0 saturated heterocycles. The van der Waals surface area contributed by atoms with E-state index in [1.54, 1.807) is 36.4 Å². The summed E-state index contributed by atoms with van der Waals surface area (Å²) >= 11 is 12.2. The zero-order valence-corrected chi connectivity index (χ0v) is 16.7. The Morgan fingerprint density at radius 1 is 1.11 bits per heavy atom. The number of fused-ring (bicyclic) bond motifs is 1. The molecule has 0 unspecified atom stereocenters. The third kappa shape index (κ3) is 3.43. The lowest BCUT2D eigenvalue weighted by atomic mass is 10.1. The number of nitrogens with one attached hydrogen (secondary N) is 1. The molecule has 6 heteroatoms. The maximum absolute atomic E-state index is 9.62. The number of hydrogen-bond acceptors (Lipinski definition) is 3. The second-order valence-corrected chi connectivity index (χ2v) is 7.38. The average molecular weight is 408 g/mol. The molecule has 0 aliphatic heterocycles. The average Bonchev–Trinajstić information content (AvgIpc) is 3.27. The fourth-order valence-corrected chi connectivity index (χ4v) is 3.46. The highest BCUT2D eigenvalue weighted by Gasteiger charge is 2.12. The molecule has 4 rings (SSSR count). The number of H-pyrrole nitrogens is 1. The second kappa shape index (κ2) is 7.20. The number of nitrogens with zero attached hydrogens (tertiary/aromatic N) is 2. The third-order valence-electron chi connectivity index (χ3n) is 4.58. The van der Waals surface area contributed by atoms with E-state index in [1.807, 2.05) is 26.0 Å². The van der Waals surface area contributed by atoms with Crippen LogP contribution in [-0.2, 0) is 0 Å². The smallest absolute Gasteiger partial charge is 0.149 e. The van der Waals surface area contributed by atoms with Gasteiger partial charge in [0, 0.05) is 16.7 Å². The van der Waals surface area contributed by atoms with Crippen LogP contribution in [0.15, 0.2) is 46.9 Å². The van der Waals surface area contributed by atoms with Crippen molar-refractivity contribution in [1.82, 2.24) is 9.97 Å². The van der Waals surface area contributed by atoms with E-state index in [2.05, 4.69) is 16.0 Å². The van der Waals surface area contributed by atoms with Crippen molar-refractivity contribution < 1.29 is 4.42 Å². The van der Waals surface area contributed by atoms with Gasteiger partial charge < -0.3 is 9.40 Å². The van der Waals surface area contributed by atoms with E-state index in [9.17, 15) is 5.26 Å². The number of nitriles is 1. The molecule has 0 aliphatic rings. The van der Waals surface area contributed by atoms with Crippen LogP contribution in [-0.4, -0.2) is 9.97 Å². The second-order valence-electron chi connectivity index (χ2n) is 6.54. The maximum Gasteiger partial charge on any atom is 0.149 e. The van der Waals surface area contributed by atoms with Crippen LogP contribution in [0.25, 0.3) is 34.0 Å². The number of furan rings is 1. The zero-order valence-electron chi connectivity index (χ0n) is 15.2. The van der Waals surface area contributed by atoms with Crippen LogP contribution in [0.3, 0.4) is 0 Å². The van der Waals surface area contributed by atoms with Gasteiger partial charge >= 0.3 is 0 Å². The van der Waals surface area contributed by atoms with Crippen molar-refractivity contribution in [2.45, 2.75) is 13.8 Å². The van der Waals surface area contributed by atoms with Gasteiger partial charge in [-0.25, -0.2) is 4.98 Å². The van der Waals surface area contributed by atoms with Gasteiger partial charge in [-0.1, -0.05) is 23.2 Å². The standard InChI is InChI=1S/C22H15Cl2N3O/c1-12-7-19-20(8-13(12)2)27-22(26-19)14(11-25)9-16-4-6-21(28-16)17-5-3-15(23)10-18(17)24/h3-10H,1-2H3,(H,26,27)/b14-9+. The molecule has 1 N–H and O–H groups in total. The lowest BCUT2D eigenvalue weighted by Crippen LogP contribution is -1.84. The highest BCUT2D eigenvalue weighted by Crippen LogP contribution is 2.32. The molecular weight excluding hydrogens is 393 g/mol. The number of aryl methyl sites for hydroxylation is 2. The molecule has 0 radical (unpaired) electrons. The highest BCUT2D eigenvalue weighted by atomic mass is 35.5. The predicted octanol–water partition coefficient (Wildman–Crippen LogP) is 6.81. The van der Waals surface area contributed by atoms with Gasteiger partial charge in [0.15, 0.2) is 0 Å². The summed E-state index contributed by atoms with van der Waals surface area (Å²) in [4.78, 5) is 7.76. The van der Waals surface area contributed by atoms with E-state index in [-0.39, 0.29) is 0 Å². The van der Waals surface area contributed by atoms with Gasteiger partial charge in [0.05, 0.1) is 21.6 Å². The van der Waals surface area contributed by atoms with E-state index >= 15 is 0 Å². The minimum absolute atomic E-state index is 0.384. The first-order valence-electron chi connectivity index (χ1n) is 8.59. The summed E-state index contributed by atoms with van der Waals surface area (Å²) in [6.07, 6.45) is 1.66. The topological polar surface area (TPSA) is 65.6 Å². The molecule has 2 heterocycles. The molecule has 0 fully saturated rings. The van der Waals surface area contributed by atoms with Crippen LogP contribution in [0.4, 0.5) is 0 Å². The maximum atomic E-state index is 9.62. The van der Waals surface area contributed by atoms with Gasteiger partial charge in [-0.15, -0.1) is 0 Å². The van der Waals surface area contributed by atoms with Crippen LogP contribution < -0.4 is 0 Å². The van der Waals surface area contributed by atoms with Gasteiger partial charge in [-0.2, -0.15) is 5.26 Å². The highest BCUT2D eigenvalue weighted by molar-refractivity contribution is 6.36. The van der Waals surface area contributed by atoms with Gasteiger partial charge in [0.1, 0.15) is 23.4 Å². The molecular formula is C22H15Cl2N3O. The molecule has 2 aromatic heterocycles. The van der Waals surface area contributed by atoms with Crippen LogP contribution in [0.2, 0.25) is 10.0 Å². The van der Waals surface area contributed by atoms with Crippen molar-refractivity contribution in [2.24, 2.45) is 0 Å². The lowest BCUT2D eigenvalue weighted by molar-refractivity contribution is 0.572. The Labute approximate surface area is 172 Å². The van der Waals surface area contributed by atoms with E-state index in [0.717, 1.165) is 22.2 Å². The van der Waals surface area contributed by atoms with Gasteiger partial charge in [-0.05, 0) is 67.4 Å². The Morgan fingerprint density at radius 2 is 1.89 bits per heavy atom. The number of benzene rings is 2. The molecule has 0 bridgehead atoms. The first-order chi connectivity index (χ1) is 13.4. The molecule has 0 aliphatic carbocycles. The summed E-state index contributed by atoms with van der Waals surface area (Å²) < 4.78 is 5.86. The van der Waals surface area contributed by atoms with Crippen molar-refractivity contribution in [3.8, 4) is 17.4 Å². The first-order valence-corrected chi connectivity index (χ1v) is 9.34. The molecule has 2 aromatic carbocycles. The fourth-order valence-electron chi connectivity index (χ4n) is 2.96. The van der Waals surface area contributed by atoms with Crippen LogP contribution >= 0.6 is 23.2 Å². The van der Waals surface area contributed by atoms with Crippen LogP contribution in [0.5, 0.6) is 0 Å². The van der Waals surface area contributed by atoms with Crippen molar-refractivity contribution in [2.75, 3.05) is 0 Å². The number of aromatic amines is 1. The summed E-state index contributed by atoms with van der Waals surface area (Å²) in [6.45, 7) is 4.08. The van der Waals surface area contributed by atoms with E-state index in [1.165, 1.54) is 5.56 Å². The third-order valence-corrected chi connectivity index (χ3v) is 5.13. The monoisotopic (exact) mass is 407 g/mol. The summed E-state index contributed by atoms with van der Waals surface area (Å²) in [5.41, 5.74) is 5.16. The molecule has 0 amide bonds. The Bertz CT molecular complexity index is 1240. The Hall–Kier alpha value is -3.00. The number of halogens is 2. The van der Waals surface area contributed by atoms with Crippen molar-refractivity contribution >= 4 is 45.9 Å². The van der Waals surface area contributed by atoms with E-state index in [0.29, 0.717) is 33.0 Å². The van der Waals surface area contributed by atoms with Gasteiger partial charge in [0.25, 0.3) is 0 Å². The predicted molar refractivity (Wildman–Crippen MR) is 113 cm³/mol. The normalized spacial score (nSPS) is 11.8. The molecule has 28 heavy (non-hydrogen) atoms. The largest absolute Gasteiger partial charge is 0.457 e. The Morgan fingerprint density at radius 3 is 2.64 bits per heavy atom. The SMILES string of the molecule is Cc1cc2nc(/C(C#N)=C/c3ccc(-c4ccc(Cl)cc4Cl)o3)[nH]c2cc1C. The van der Waals surface area contributed by atoms with E-state index in [4.69, 9.17) is 27.6 Å². The number of rotatable bonds is 3. The Kier molecular flexibility index (Phi) is 4.72.